The molecule has 2 saturated heterocycles. The predicted molar refractivity (Wildman–Crippen MR) is 134 cm³/mol. The standard InChI is InChI=1S/C24H31N3O3S2/c1-24(2)12-15(6-9-32(24,29)30)20-13-26-22-18(20)10-16(11-19(22)23(25)28)21-5-4-17(31-21)14-27-7-3-8-27/h4-5,10-11,13,15,26,29-30H,3,6-9,12,14H2,1-2H3,(H2,25,28). The lowest BCUT2D eigenvalue weighted by Gasteiger charge is -2.52. The van der Waals surface area contributed by atoms with Crippen molar-refractivity contribution >= 4 is 38.7 Å². The quantitative estimate of drug-likeness (QED) is 0.387. The van der Waals surface area contributed by atoms with Crippen molar-refractivity contribution in [2.24, 2.45) is 5.73 Å². The first-order valence-electron chi connectivity index (χ1n) is 11.2. The summed E-state index contributed by atoms with van der Waals surface area (Å²) in [5.74, 6) is 0.158. The maximum Gasteiger partial charge on any atom is 0.250 e. The Morgan fingerprint density at radius 1 is 1.31 bits per heavy atom. The zero-order valence-electron chi connectivity index (χ0n) is 18.6. The molecule has 2 aliphatic heterocycles. The largest absolute Gasteiger partial charge is 0.366 e. The number of thiophene rings is 1. The van der Waals surface area contributed by atoms with E-state index in [9.17, 15) is 13.9 Å². The van der Waals surface area contributed by atoms with Gasteiger partial charge in [-0.1, -0.05) is 0 Å². The molecule has 0 radical (unpaired) electrons. The van der Waals surface area contributed by atoms with Crippen molar-refractivity contribution in [1.82, 2.24) is 9.88 Å². The highest BCUT2D eigenvalue weighted by atomic mass is 32.3. The Kier molecular flexibility index (Phi) is 5.41. The van der Waals surface area contributed by atoms with Gasteiger partial charge < -0.3 is 10.7 Å². The van der Waals surface area contributed by atoms with Gasteiger partial charge in [0.15, 0.2) is 0 Å². The molecule has 1 aromatic carbocycles. The molecule has 3 aromatic rings. The number of H-pyrrole nitrogens is 1. The number of aromatic nitrogens is 1. The van der Waals surface area contributed by atoms with Gasteiger partial charge in [0.2, 0.25) is 0 Å². The number of benzene rings is 1. The molecule has 8 heteroatoms. The average molecular weight is 474 g/mol. The molecule has 0 aliphatic carbocycles. The summed E-state index contributed by atoms with van der Waals surface area (Å²) >= 11 is 1.77. The minimum atomic E-state index is -2.60. The lowest BCUT2D eigenvalue weighted by Crippen LogP contribution is -2.36. The van der Waals surface area contributed by atoms with Gasteiger partial charge in [-0.3, -0.25) is 18.8 Å². The fourth-order valence-electron chi connectivity index (χ4n) is 4.98. The van der Waals surface area contributed by atoms with Gasteiger partial charge in [-0.25, -0.2) is 0 Å². The number of nitrogens with zero attached hydrogens (tertiary/aromatic N) is 1. The Balaban J connectivity index is 1.54. The number of fused-ring (bicyclic) bond motifs is 1. The minimum absolute atomic E-state index is 0.194. The van der Waals surface area contributed by atoms with Crippen LogP contribution in [-0.4, -0.2) is 48.5 Å². The number of carbonyl (C=O) groups is 1. The molecule has 4 heterocycles. The summed E-state index contributed by atoms with van der Waals surface area (Å²) in [5, 5.41) is 1.01. The molecular formula is C24H31N3O3S2. The van der Waals surface area contributed by atoms with Gasteiger partial charge in [0, 0.05) is 33.6 Å². The lowest BCUT2D eigenvalue weighted by atomic mass is 9.86. The number of nitrogens with two attached hydrogens (primary N) is 1. The molecule has 0 bridgehead atoms. The predicted octanol–water partition coefficient (Wildman–Crippen LogP) is 5.61. The summed E-state index contributed by atoms with van der Waals surface area (Å²) in [4.78, 5) is 20.5. The first kappa shape index (κ1) is 22.0. The molecule has 2 fully saturated rings. The van der Waals surface area contributed by atoms with Gasteiger partial charge in [0.1, 0.15) is 0 Å². The third-order valence-electron chi connectivity index (χ3n) is 7.17. The van der Waals surface area contributed by atoms with Crippen molar-refractivity contribution in [2.45, 2.75) is 50.3 Å². The van der Waals surface area contributed by atoms with Gasteiger partial charge in [-0.15, -0.1) is 11.3 Å². The monoisotopic (exact) mass is 473 g/mol. The van der Waals surface area contributed by atoms with Crippen LogP contribution in [0.2, 0.25) is 0 Å². The van der Waals surface area contributed by atoms with Crippen LogP contribution in [0.4, 0.5) is 0 Å². The molecule has 1 unspecified atom stereocenters. The second kappa shape index (κ2) is 7.88. The Morgan fingerprint density at radius 3 is 2.75 bits per heavy atom. The van der Waals surface area contributed by atoms with Gasteiger partial charge >= 0.3 is 0 Å². The highest BCUT2D eigenvalue weighted by molar-refractivity contribution is 8.25. The first-order valence-corrected chi connectivity index (χ1v) is 13.7. The molecule has 32 heavy (non-hydrogen) atoms. The van der Waals surface area contributed by atoms with E-state index in [1.165, 1.54) is 24.4 Å². The zero-order chi connectivity index (χ0) is 22.7. The second-order valence-corrected chi connectivity index (χ2v) is 13.8. The molecule has 0 saturated carbocycles. The van der Waals surface area contributed by atoms with Crippen LogP contribution < -0.4 is 5.73 Å². The summed E-state index contributed by atoms with van der Waals surface area (Å²) < 4.78 is 20.5. The third kappa shape index (κ3) is 3.78. The van der Waals surface area contributed by atoms with E-state index in [4.69, 9.17) is 5.73 Å². The van der Waals surface area contributed by atoms with Gasteiger partial charge in [-0.2, -0.15) is 10.6 Å². The van der Waals surface area contributed by atoms with Crippen LogP contribution in [0, 0.1) is 0 Å². The number of carbonyl (C=O) groups excluding carboxylic acids is 1. The highest BCUT2D eigenvalue weighted by Crippen LogP contribution is 2.61. The smallest absolute Gasteiger partial charge is 0.250 e. The van der Waals surface area contributed by atoms with E-state index in [2.05, 4.69) is 28.1 Å². The van der Waals surface area contributed by atoms with Crippen LogP contribution in [0.1, 0.15) is 59.8 Å². The molecule has 5 rings (SSSR count). The number of hydrogen-bond acceptors (Lipinski definition) is 5. The topological polar surface area (TPSA) is 103 Å². The zero-order valence-corrected chi connectivity index (χ0v) is 20.2. The van der Waals surface area contributed by atoms with E-state index in [0.717, 1.165) is 33.5 Å². The molecule has 0 spiro atoms. The van der Waals surface area contributed by atoms with E-state index >= 15 is 0 Å². The molecule has 2 aromatic heterocycles. The summed E-state index contributed by atoms with van der Waals surface area (Å²) in [5.41, 5.74) is 9.17. The number of hydrogen-bond donors (Lipinski definition) is 4. The SMILES string of the molecule is CC1(C)CC(c2c[nH]c3c(C(N)=O)cc(-c4ccc(CN5CCC5)s4)cc23)CCS1(O)O. The highest BCUT2D eigenvalue weighted by Gasteiger charge is 2.41. The summed E-state index contributed by atoms with van der Waals surface area (Å²) in [7, 11) is -2.60. The molecule has 172 valence electrons. The molecule has 6 nitrogen and oxygen atoms in total. The van der Waals surface area contributed by atoms with Crippen LogP contribution >= 0.6 is 21.9 Å². The van der Waals surface area contributed by atoms with E-state index < -0.39 is 21.2 Å². The van der Waals surface area contributed by atoms with Crippen LogP contribution in [0.5, 0.6) is 0 Å². The summed E-state index contributed by atoms with van der Waals surface area (Å²) in [6, 6.07) is 8.37. The van der Waals surface area contributed by atoms with Crippen molar-refractivity contribution in [2.75, 3.05) is 18.8 Å². The van der Waals surface area contributed by atoms with Crippen molar-refractivity contribution in [3.05, 3.63) is 46.5 Å². The Bertz CT molecular complexity index is 1180. The van der Waals surface area contributed by atoms with Crippen molar-refractivity contribution in [1.29, 1.82) is 0 Å². The van der Waals surface area contributed by atoms with E-state index in [-0.39, 0.29) is 5.92 Å². The van der Waals surface area contributed by atoms with Crippen molar-refractivity contribution in [3.8, 4) is 10.4 Å². The third-order valence-corrected chi connectivity index (χ3v) is 11.0. The average Bonchev–Trinajstić information content (AvgIpc) is 3.33. The fraction of sp³-hybridized carbons (Fsp3) is 0.458. The van der Waals surface area contributed by atoms with Crippen molar-refractivity contribution in [3.63, 3.8) is 0 Å². The van der Waals surface area contributed by atoms with E-state index in [0.29, 0.717) is 24.2 Å². The molecule has 5 N–H and O–H groups in total. The van der Waals surface area contributed by atoms with Crippen LogP contribution in [0.3, 0.4) is 0 Å². The number of aromatic amines is 1. The van der Waals surface area contributed by atoms with Gasteiger partial charge in [0.05, 0.1) is 15.8 Å². The molecular weight excluding hydrogens is 442 g/mol. The number of nitrogens with one attached hydrogen (secondary N) is 1. The summed E-state index contributed by atoms with van der Waals surface area (Å²) in [6.07, 6.45) is 4.66. The van der Waals surface area contributed by atoms with E-state index in [1.54, 1.807) is 11.3 Å². The maximum absolute atomic E-state index is 12.3. The Hall–Kier alpha value is -1.84. The van der Waals surface area contributed by atoms with Gasteiger partial charge in [-0.05, 0) is 87.5 Å². The number of rotatable bonds is 5. The maximum atomic E-state index is 12.3. The number of primary amides is 1. The summed E-state index contributed by atoms with van der Waals surface area (Å²) in [6.45, 7) is 7.19. The van der Waals surface area contributed by atoms with Crippen LogP contribution in [0.15, 0.2) is 30.5 Å². The lowest BCUT2D eigenvalue weighted by molar-refractivity contribution is 0.100. The van der Waals surface area contributed by atoms with E-state index in [1.807, 2.05) is 26.1 Å². The minimum Gasteiger partial charge on any atom is -0.366 e. The number of likely N-dealkylation sites (tertiary alicyclic amines) is 1. The molecule has 1 amide bonds. The van der Waals surface area contributed by atoms with Crippen LogP contribution in [-0.2, 0) is 6.54 Å². The number of amides is 1. The molecule has 1 atom stereocenters. The fourth-order valence-corrected chi connectivity index (χ4v) is 7.65. The van der Waals surface area contributed by atoms with Crippen LogP contribution in [0.25, 0.3) is 21.3 Å². The Labute approximate surface area is 194 Å². The second-order valence-electron chi connectivity index (χ2n) is 9.77. The van der Waals surface area contributed by atoms with Crippen molar-refractivity contribution < 1.29 is 13.9 Å². The normalized spacial score (nSPS) is 23.7. The van der Waals surface area contributed by atoms with Gasteiger partial charge in [0.25, 0.3) is 5.91 Å². The first-order chi connectivity index (χ1) is 15.1. The molecule has 2 aliphatic rings. The Morgan fingerprint density at radius 2 is 2.09 bits per heavy atom.